The molecule has 0 spiro atoms. The van der Waals surface area contributed by atoms with Gasteiger partial charge in [-0.05, 0) is 32.7 Å². The Hall–Kier alpha value is -0.650. The van der Waals surface area contributed by atoms with Crippen molar-refractivity contribution in [1.29, 1.82) is 0 Å². The van der Waals surface area contributed by atoms with Crippen LogP contribution in [0, 0.1) is 0 Å². The van der Waals surface area contributed by atoms with E-state index in [1.165, 1.54) is 12.8 Å². The van der Waals surface area contributed by atoms with Crippen LogP contribution in [0.1, 0.15) is 33.1 Å². The summed E-state index contributed by atoms with van der Waals surface area (Å²) in [6, 6.07) is 0.396. The van der Waals surface area contributed by atoms with Gasteiger partial charge in [0.15, 0.2) is 0 Å². The van der Waals surface area contributed by atoms with Crippen LogP contribution in [-0.4, -0.2) is 62.9 Å². The molecule has 0 aliphatic heterocycles. The Morgan fingerprint density at radius 1 is 1.42 bits per heavy atom. The van der Waals surface area contributed by atoms with Gasteiger partial charge in [0, 0.05) is 26.2 Å². The molecule has 0 aromatic heterocycles. The molecule has 0 amide bonds. The van der Waals surface area contributed by atoms with Gasteiger partial charge in [0.05, 0.1) is 13.2 Å². The fourth-order valence-electron chi connectivity index (χ4n) is 2.09. The molecule has 1 rings (SSSR count). The van der Waals surface area contributed by atoms with Gasteiger partial charge < -0.3 is 14.8 Å². The monoisotopic (exact) mass is 272 g/mol. The van der Waals surface area contributed by atoms with Crippen molar-refractivity contribution in [3.63, 3.8) is 0 Å². The summed E-state index contributed by atoms with van der Waals surface area (Å²) >= 11 is 0. The zero-order valence-corrected chi connectivity index (χ0v) is 12.5. The van der Waals surface area contributed by atoms with E-state index in [1.54, 1.807) is 7.11 Å². The smallest absolute Gasteiger partial charge is 0.324 e. The number of rotatable bonds is 11. The number of hydrogen-bond donors (Lipinski definition) is 1. The van der Waals surface area contributed by atoms with Gasteiger partial charge in [0.25, 0.3) is 0 Å². The number of nitrogens with one attached hydrogen (secondary N) is 1. The molecule has 1 unspecified atom stereocenters. The van der Waals surface area contributed by atoms with Crippen LogP contribution in [-0.2, 0) is 14.3 Å². The van der Waals surface area contributed by atoms with E-state index in [1.807, 2.05) is 6.92 Å². The topological polar surface area (TPSA) is 50.8 Å². The number of carbonyl (C=O) groups is 1. The average Bonchev–Trinajstić information content (AvgIpc) is 3.22. The van der Waals surface area contributed by atoms with Crippen LogP contribution in [0.25, 0.3) is 0 Å². The molecule has 1 fully saturated rings. The zero-order valence-electron chi connectivity index (χ0n) is 12.5. The largest absolute Gasteiger partial charge is 0.465 e. The minimum Gasteiger partial charge on any atom is -0.465 e. The average molecular weight is 272 g/mol. The predicted octanol–water partition coefficient (Wildman–Crippen LogP) is 1.03. The van der Waals surface area contributed by atoms with Crippen molar-refractivity contribution in [2.24, 2.45) is 0 Å². The Labute approximate surface area is 116 Å². The molecule has 0 radical (unpaired) electrons. The lowest BCUT2D eigenvalue weighted by Crippen LogP contribution is -2.48. The van der Waals surface area contributed by atoms with Gasteiger partial charge in [-0.15, -0.1) is 0 Å². The van der Waals surface area contributed by atoms with Crippen molar-refractivity contribution >= 4 is 5.97 Å². The Kier molecular flexibility index (Phi) is 8.02. The van der Waals surface area contributed by atoms with E-state index < -0.39 is 0 Å². The summed E-state index contributed by atoms with van der Waals surface area (Å²) in [5.74, 6) is -0.140. The summed E-state index contributed by atoms with van der Waals surface area (Å²) in [4.78, 5) is 14.3. The second-order valence-corrected chi connectivity index (χ2v) is 4.98. The number of hydrogen-bond acceptors (Lipinski definition) is 5. The van der Waals surface area contributed by atoms with E-state index >= 15 is 0 Å². The second-order valence-electron chi connectivity index (χ2n) is 4.98. The van der Waals surface area contributed by atoms with E-state index in [-0.39, 0.29) is 12.0 Å². The summed E-state index contributed by atoms with van der Waals surface area (Å²) in [6.07, 6.45) is 3.47. The van der Waals surface area contributed by atoms with Crippen LogP contribution in [0.2, 0.25) is 0 Å². The third-order valence-electron chi connectivity index (χ3n) is 3.27. The number of nitrogens with zero attached hydrogens (tertiary/aromatic N) is 1. The minimum absolute atomic E-state index is 0.140. The summed E-state index contributed by atoms with van der Waals surface area (Å²) in [7, 11) is 1.71. The van der Waals surface area contributed by atoms with Crippen LogP contribution in [0.3, 0.4) is 0 Å². The van der Waals surface area contributed by atoms with Crippen LogP contribution in [0.15, 0.2) is 0 Å². The van der Waals surface area contributed by atoms with Gasteiger partial charge >= 0.3 is 5.97 Å². The molecule has 0 heterocycles. The summed E-state index contributed by atoms with van der Waals surface area (Å²) in [6.45, 7) is 7.52. The molecule has 1 aliphatic rings. The van der Waals surface area contributed by atoms with Crippen LogP contribution in [0.5, 0.6) is 0 Å². The quantitative estimate of drug-likeness (QED) is 0.569. The number of ether oxygens (including phenoxy) is 2. The van der Waals surface area contributed by atoms with Crippen molar-refractivity contribution in [3.8, 4) is 0 Å². The first-order valence-corrected chi connectivity index (χ1v) is 7.35. The maximum atomic E-state index is 12.0. The molecule has 1 saturated carbocycles. The molecule has 1 N–H and O–H groups in total. The van der Waals surface area contributed by atoms with Crippen molar-refractivity contribution in [2.75, 3.05) is 40.0 Å². The highest BCUT2D eigenvalue weighted by molar-refractivity contribution is 5.76. The van der Waals surface area contributed by atoms with Crippen molar-refractivity contribution in [2.45, 2.75) is 45.2 Å². The van der Waals surface area contributed by atoms with Gasteiger partial charge in [-0.3, -0.25) is 9.69 Å². The molecule has 1 aliphatic carbocycles. The maximum absolute atomic E-state index is 12.0. The van der Waals surface area contributed by atoms with Gasteiger partial charge in [-0.25, -0.2) is 0 Å². The van der Waals surface area contributed by atoms with Gasteiger partial charge in [0.1, 0.15) is 6.04 Å². The first-order valence-electron chi connectivity index (χ1n) is 7.35. The number of esters is 1. The zero-order chi connectivity index (χ0) is 14.1. The molecule has 5 heteroatoms. The van der Waals surface area contributed by atoms with Crippen LogP contribution >= 0.6 is 0 Å². The molecular weight excluding hydrogens is 244 g/mol. The van der Waals surface area contributed by atoms with Crippen molar-refractivity contribution in [1.82, 2.24) is 10.2 Å². The van der Waals surface area contributed by atoms with Crippen molar-refractivity contribution in [3.05, 3.63) is 0 Å². The third-order valence-corrected chi connectivity index (χ3v) is 3.27. The van der Waals surface area contributed by atoms with Gasteiger partial charge in [-0.1, -0.05) is 6.92 Å². The third kappa shape index (κ3) is 6.36. The fraction of sp³-hybridized carbons (Fsp3) is 0.929. The van der Waals surface area contributed by atoms with E-state index in [0.29, 0.717) is 25.8 Å². The van der Waals surface area contributed by atoms with E-state index in [9.17, 15) is 4.79 Å². The maximum Gasteiger partial charge on any atom is 0.324 e. The molecular formula is C14H28N2O3. The van der Waals surface area contributed by atoms with Gasteiger partial charge in [0.2, 0.25) is 0 Å². The molecule has 5 nitrogen and oxygen atoms in total. The molecule has 19 heavy (non-hydrogen) atoms. The Morgan fingerprint density at radius 2 is 2.16 bits per heavy atom. The minimum atomic E-state index is -0.225. The van der Waals surface area contributed by atoms with Crippen molar-refractivity contribution < 1.29 is 14.3 Å². The second kappa shape index (κ2) is 9.28. The standard InChI is InChI=1S/C14H28N2O3/c1-4-8-15-13(14(17)19-5-2)11-16(9-10-18-3)12-6-7-12/h12-13,15H,4-11H2,1-3H3. The SMILES string of the molecule is CCCNC(CN(CCOC)C1CC1)C(=O)OCC. The summed E-state index contributed by atoms with van der Waals surface area (Å²) in [5.41, 5.74) is 0. The molecule has 0 aromatic carbocycles. The van der Waals surface area contributed by atoms with E-state index in [0.717, 1.165) is 19.5 Å². The number of methoxy groups -OCH3 is 1. The molecule has 0 bridgehead atoms. The normalized spacial score (nSPS) is 16.6. The van der Waals surface area contributed by atoms with Crippen LogP contribution < -0.4 is 5.32 Å². The first-order chi connectivity index (χ1) is 9.22. The fourth-order valence-corrected chi connectivity index (χ4v) is 2.09. The summed E-state index contributed by atoms with van der Waals surface area (Å²) in [5, 5.41) is 3.29. The Bertz CT molecular complexity index is 257. The Balaban J connectivity index is 2.48. The van der Waals surface area contributed by atoms with E-state index in [2.05, 4.69) is 17.1 Å². The van der Waals surface area contributed by atoms with Gasteiger partial charge in [-0.2, -0.15) is 0 Å². The first kappa shape index (κ1) is 16.4. The lowest BCUT2D eigenvalue weighted by atomic mass is 10.2. The highest BCUT2D eigenvalue weighted by Crippen LogP contribution is 2.26. The highest BCUT2D eigenvalue weighted by Gasteiger charge is 2.32. The lowest BCUT2D eigenvalue weighted by molar-refractivity contribution is -0.146. The molecule has 1 atom stereocenters. The predicted molar refractivity (Wildman–Crippen MR) is 75.2 cm³/mol. The molecule has 0 aromatic rings. The molecule has 0 saturated heterocycles. The van der Waals surface area contributed by atoms with Crippen LogP contribution in [0.4, 0.5) is 0 Å². The Morgan fingerprint density at radius 3 is 2.68 bits per heavy atom. The lowest BCUT2D eigenvalue weighted by Gasteiger charge is -2.26. The molecule has 112 valence electrons. The highest BCUT2D eigenvalue weighted by atomic mass is 16.5. The summed E-state index contributed by atoms with van der Waals surface area (Å²) < 4.78 is 10.3. The number of carbonyl (C=O) groups excluding carboxylic acids is 1. The van der Waals surface area contributed by atoms with E-state index in [4.69, 9.17) is 9.47 Å².